The second-order valence-electron chi connectivity index (χ2n) is 3.27. The highest BCUT2D eigenvalue weighted by molar-refractivity contribution is 7.85. The molecule has 0 spiro atoms. The Morgan fingerprint density at radius 2 is 1.59 bits per heavy atom. The van der Waals surface area contributed by atoms with Crippen molar-refractivity contribution in [2.75, 3.05) is 0 Å². The summed E-state index contributed by atoms with van der Waals surface area (Å²) < 4.78 is 29.9. The lowest BCUT2D eigenvalue weighted by Crippen LogP contribution is -1.99. The molecule has 1 aromatic carbocycles. The molecular formula is C12H13NO3S. The highest BCUT2D eigenvalue weighted by atomic mass is 32.2. The van der Waals surface area contributed by atoms with Crippen molar-refractivity contribution >= 4 is 10.1 Å². The van der Waals surface area contributed by atoms with E-state index in [9.17, 15) is 8.42 Å². The summed E-state index contributed by atoms with van der Waals surface area (Å²) in [5.41, 5.74) is 0.551. The second-order valence-corrected chi connectivity index (χ2v) is 4.66. The Hall–Kier alpha value is -1.72. The number of hydrogen-bond donors (Lipinski definition) is 1. The van der Waals surface area contributed by atoms with Crippen LogP contribution in [0, 0.1) is 6.92 Å². The number of nitrogens with zero attached hydrogens (tertiary/aromatic N) is 1. The number of aromatic nitrogens is 1. The van der Waals surface area contributed by atoms with Crippen LogP contribution in [-0.2, 0) is 10.1 Å². The van der Waals surface area contributed by atoms with Gasteiger partial charge in [0.25, 0.3) is 10.1 Å². The van der Waals surface area contributed by atoms with Gasteiger partial charge in [-0.05, 0) is 30.7 Å². The third-order valence-corrected chi connectivity index (χ3v) is 2.95. The maximum Gasteiger partial charge on any atom is 0.294 e. The molecule has 1 N–H and O–H groups in total. The summed E-state index contributed by atoms with van der Waals surface area (Å²) in [6.07, 6.45) is 3.50. The molecule has 0 atom stereocenters. The first kappa shape index (κ1) is 13.3. The average Bonchev–Trinajstić information content (AvgIpc) is 2.31. The lowest BCUT2D eigenvalue weighted by atomic mass is 10.2. The van der Waals surface area contributed by atoms with Crippen LogP contribution in [0.3, 0.4) is 0 Å². The van der Waals surface area contributed by atoms with E-state index in [-0.39, 0.29) is 4.90 Å². The van der Waals surface area contributed by atoms with Gasteiger partial charge in [-0.1, -0.05) is 24.3 Å². The molecule has 0 saturated heterocycles. The molecule has 90 valence electrons. The Labute approximate surface area is 101 Å². The van der Waals surface area contributed by atoms with Gasteiger partial charge >= 0.3 is 0 Å². The van der Waals surface area contributed by atoms with Gasteiger partial charge in [-0.3, -0.25) is 9.54 Å². The van der Waals surface area contributed by atoms with E-state index in [0.717, 1.165) is 0 Å². The van der Waals surface area contributed by atoms with Crippen LogP contribution < -0.4 is 0 Å². The summed E-state index contributed by atoms with van der Waals surface area (Å²) in [4.78, 5) is 3.76. The smallest absolute Gasteiger partial charge is 0.282 e. The second kappa shape index (κ2) is 6.12. The van der Waals surface area contributed by atoms with E-state index >= 15 is 0 Å². The number of aryl methyl sites for hydroxylation is 1. The molecule has 2 aromatic rings. The molecule has 5 heteroatoms. The van der Waals surface area contributed by atoms with E-state index in [1.165, 1.54) is 6.07 Å². The SMILES string of the molecule is Cc1ccccc1S(=O)(=O)O.c1ccncc1. The molecule has 0 aliphatic rings. The quantitative estimate of drug-likeness (QED) is 0.790. The maximum atomic E-state index is 10.6. The van der Waals surface area contributed by atoms with Crippen LogP contribution in [0.1, 0.15) is 5.56 Å². The van der Waals surface area contributed by atoms with Crippen molar-refractivity contribution in [3.63, 3.8) is 0 Å². The predicted molar refractivity (Wildman–Crippen MR) is 65.2 cm³/mol. The Bertz CT molecular complexity index is 526. The van der Waals surface area contributed by atoms with Crippen LogP contribution in [0.5, 0.6) is 0 Å². The molecule has 4 nitrogen and oxygen atoms in total. The zero-order valence-electron chi connectivity index (χ0n) is 9.32. The highest BCUT2D eigenvalue weighted by Crippen LogP contribution is 2.12. The van der Waals surface area contributed by atoms with E-state index in [1.54, 1.807) is 37.5 Å². The third kappa shape index (κ3) is 4.76. The number of hydrogen-bond acceptors (Lipinski definition) is 3. The number of benzene rings is 1. The van der Waals surface area contributed by atoms with Crippen molar-refractivity contribution in [1.82, 2.24) is 4.98 Å². The van der Waals surface area contributed by atoms with Crippen LogP contribution in [0.15, 0.2) is 59.8 Å². The average molecular weight is 251 g/mol. The molecule has 0 saturated carbocycles. The highest BCUT2D eigenvalue weighted by Gasteiger charge is 2.10. The third-order valence-electron chi connectivity index (χ3n) is 1.94. The molecular weight excluding hydrogens is 238 g/mol. The first-order valence-electron chi connectivity index (χ1n) is 4.90. The topological polar surface area (TPSA) is 67.3 Å². The molecule has 1 heterocycles. The van der Waals surface area contributed by atoms with E-state index < -0.39 is 10.1 Å². The van der Waals surface area contributed by atoms with Crippen LogP contribution in [0.4, 0.5) is 0 Å². The van der Waals surface area contributed by atoms with Gasteiger partial charge in [0.15, 0.2) is 0 Å². The fourth-order valence-electron chi connectivity index (χ4n) is 1.16. The summed E-state index contributed by atoms with van der Waals surface area (Å²) in [7, 11) is -4.03. The van der Waals surface area contributed by atoms with Gasteiger partial charge < -0.3 is 0 Å². The van der Waals surface area contributed by atoms with Crippen LogP contribution in [-0.4, -0.2) is 18.0 Å². The standard InChI is InChI=1S/C7H8O3S.C5H5N/c1-6-4-2-3-5-7(6)11(8,9)10;1-2-4-6-5-3-1/h2-5H,1H3,(H,8,9,10);1-5H. The number of pyridine rings is 1. The summed E-state index contributed by atoms with van der Waals surface area (Å²) >= 11 is 0. The summed E-state index contributed by atoms with van der Waals surface area (Å²) in [6, 6.07) is 12.0. The largest absolute Gasteiger partial charge is 0.294 e. The van der Waals surface area contributed by atoms with Gasteiger partial charge in [0.2, 0.25) is 0 Å². The van der Waals surface area contributed by atoms with Gasteiger partial charge in [0.05, 0.1) is 4.90 Å². The van der Waals surface area contributed by atoms with Crippen LogP contribution in [0.25, 0.3) is 0 Å². The van der Waals surface area contributed by atoms with Crippen molar-refractivity contribution in [2.45, 2.75) is 11.8 Å². The molecule has 0 unspecified atom stereocenters. The molecule has 0 aliphatic heterocycles. The molecule has 2 rings (SSSR count). The van der Waals surface area contributed by atoms with Crippen LogP contribution in [0.2, 0.25) is 0 Å². The molecule has 17 heavy (non-hydrogen) atoms. The molecule has 1 aromatic heterocycles. The van der Waals surface area contributed by atoms with Crippen molar-refractivity contribution in [2.24, 2.45) is 0 Å². The minimum Gasteiger partial charge on any atom is -0.282 e. The Morgan fingerprint density at radius 1 is 1.00 bits per heavy atom. The zero-order chi connectivity index (χ0) is 12.7. The zero-order valence-corrected chi connectivity index (χ0v) is 10.1. The van der Waals surface area contributed by atoms with Crippen molar-refractivity contribution in [3.8, 4) is 0 Å². The van der Waals surface area contributed by atoms with Gasteiger partial charge in [-0.15, -0.1) is 0 Å². The molecule has 0 aliphatic carbocycles. The fourth-order valence-corrected chi connectivity index (χ4v) is 1.88. The van der Waals surface area contributed by atoms with Crippen molar-refractivity contribution in [1.29, 1.82) is 0 Å². The monoisotopic (exact) mass is 251 g/mol. The first-order valence-corrected chi connectivity index (χ1v) is 6.34. The minimum absolute atomic E-state index is 0.0278. The number of rotatable bonds is 1. The molecule has 0 bridgehead atoms. The fraction of sp³-hybridized carbons (Fsp3) is 0.0833. The van der Waals surface area contributed by atoms with Crippen LogP contribution >= 0.6 is 0 Å². The summed E-state index contributed by atoms with van der Waals surface area (Å²) in [5, 5.41) is 0. The Balaban J connectivity index is 0.000000202. The maximum absolute atomic E-state index is 10.6. The lowest BCUT2D eigenvalue weighted by molar-refractivity contribution is 0.482. The van der Waals surface area contributed by atoms with Crippen molar-refractivity contribution < 1.29 is 13.0 Å². The van der Waals surface area contributed by atoms with E-state index in [1.807, 2.05) is 18.2 Å². The minimum atomic E-state index is -4.03. The van der Waals surface area contributed by atoms with E-state index in [0.29, 0.717) is 5.56 Å². The van der Waals surface area contributed by atoms with E-state index in [4.69, 9.17) is 4.55 Å². The van der Waals surface area contributed by atoms with Gasteiger partial charge in [0, 0.05) is 12.4 Å². The predicted octanol–water partition coefficient (Wildman–Crippen LogP) is 2.32. The molecule has 0 radical (unpaired) electrons. The molecule has 0 amide bonds. The van der Waals surface area contributed by atoms with Gasteiger partial charge in [-0.2, -0.15) is 8.42 Å². The first-order chi connectivity index (χ1) is 8.02. The van der Waals surface area contributed by atoms with Gasteiger partial charge in [-0.25, -0.2) is 0 Å². The summed E-state index contributed by atoms with van der Waals surface area (Å²) in [5.74, 6) is 0. The normalized spacial score (nSPS) is 10.2. The Kier molecular flexibility index (Phi) is 4.81. The summed E-state index contributed by atoms with van der Waals surface area (Å²) in [6.45, 7) is 1.63. The lowest BCUT2D eigenvalue weighted by Gasteiger charge is -1.99. The van der Waals surface area contributed by atoms with E-state index in [2.05, 4.69) is 4.98 Å². The van der Waals surface area contributed by atoms with Gasteiger partial charge in [0.1, 0.15) is 0 Å². The Morgan fingerprint density at radius 3 is 1.88 bits per heavy atom. The molecule has 0 fully saturated rings. The van der Waals surface area contributed by atoms with Crippen molar-refractivity contribution in [3.05, 3.63) is 60.4 Å².